The number of aliphatic hydroxyl groups excluding tert-OH is 1. The van der Waals surface area contributed by atoms with Crippen LogP contribution < -0.4 is 5.73 Å². The Hall–Kier alpha value is -0.0800. The average Bonchev–Trinajstić information content (AvgIpc) is 2.12. The SMILES string of the molecule is CCCCC(CN)(CO)CC(C)C. The van der Waals surface area contributed by atoms with E-state index in [9.17, 15) is 5.11 Å². The predicted octanol–water partition coefficient (Wildman–Crippen LogP) is 2.16. The summed E-state index contributed by atoms with van der Waals surface area (Å²) in [5.74, 6) is 0.618. The van der Waals surface area contributed by atoms with Crippen LogP contribution in [0.5, 0.6) is 0 Å². The van der Waals surface area contributed by atoms with Gasteiger partial charge in [-0.2, -0.15) is 0 Å². The highest BCUT2D eigenvalue weighted by Crippen LogP contribution is 2.30. The van der Waals surface area contributed by atoms with Gasteiger partial charge >= 0.3 is 0 Å². The second-order valence-corrected chi connectivity index (χ2v) is 4.56. The highest BCUT2D eigenvalue weighted by Gasteiger charge is 2.27. The molecule has 0 amide bonds. The van der Waals surface area contributed by atoms with E-state index in [1.165, 1.54) is 12.8 Å². The lowest BCUT2D eigenvalue weighted by atomic mass is 9.77. The Bertz CT molecular complexity index is 119. The van der Waals surface area contributed by atoms with Crippen molar-refractivity contribution >= 4 is 0 Å². The smallest absolute Gasteiger partial charge is 0.0499 e. The van der Waals surface area contributed by atoms with Gasteiger partial charge in [-0.3, -0.25) is 0 Å². The molecule has 0 aromatic rings. The topological polar surface area (TPSA) is 46.2 Å². The molecule has 0 aliphatic rings. The van der Waals surface area contributed by atoms with Crippen LogP contribution in [0.1, 0.15) is 46.5 Å². The maximum atomic E-state index is 9.37. The van der Waals surface area contributed by atoms with E-state index >= 15 is 0 Å². The van der Waals surface area contributed by atoms with Crippen molar-refractivity contribution in [3.8, 4) is 0 Å². The quantitative estimate of drug-likeness (QED) is 0.641. The predicted molar refractivity (Wildman–Crippen MR) is 57.6 cm³/mol. The van der Waals surface area contributed by atoms with Crippen molar-refractivity contribution in [2.24, 2.45) is 17.1 Å². The second kappa shape index (κ2) is 6.39. The maximum Gasteiger partial charge on any atom is 0.0499 e. The Morgan fingerprint density at radius 1 is 1.38 bits per heavy atom. The zero-order valence-corrected chi connectivity index (χ0v) is 9.34. The van der Waals surface area contributed by atoms with Gasteiger partial charge in [0.2, 0.25) is 0 Å². The lowest BCUT2D eigenvalue weighted by molar-refractivity contribution is 0.0962. The molecule has 1 atom stereocenters. The molecule has 0 rings (SSSR count). The van der Waals surface area contributed by atoms with Crippen molar-refractivity contribution in [3.05, 3.63) is 0 Å². The van der Waals surface area contributed by atoms with E-state index in [0.717, 1.165) is 12.8 Å². The van der Waals surface area contributed by atoms with Crippen LogP contribution in [-0.4, -0.2) is 18.3 Å². The first kappa shape index (κ1) is 12.9. The zero-order valence-electron chi connectivity index (χ0n) is 9.34. The van der Waals surface area contributed by atoms with Crippen LogP contribution in [0.25, 0.3) is 0 Å². The summed E-state index contributed by atoms with van der Waals surface area (Å²) >= 11 is 0. The lowest BCUT2D eigenvalue weighted by Gasteiger charge is -2.32. The van der Waals surface area contributed by atoms with Crippen LogP contribution in [0.4, 0.5) is 0 Å². The molecule has 0 aromatic heterocycles. The van der Waals surface area contributed by atoms with E-state index in [1.807, 2.05) is 0 Å². The molecule has 13 heavy (non-hydrogen) atoms. The molecule has 0 aliphatic carbocycles. The first-order chi connectivity index (χ1) is 6.10. The van der Waals surface area contributed by atoms with E-state index in [-0.39, 0.29) is 12.0 Å². The summed E-state index contributed by atoms with van der Waals surface area (Å²) in [4.78, 5) is 0. The minimum Gasteiger partial charge on any atom is -0.396 e. The summed E-state index contributed by atoms with van der Waals surface area (Å²) in [6.07, 6.45) is 4.46. The van der Waals surface area contributed by atoms with E-state index in [2.05, 4.69) is 20.8 Å². The van der Waals surface area contributed by atoms with Gasteiger partial charge in [0.15, 0.2) is 0 Å². The van der Waals surface area contributed by atoms with Gasteiger partial charge in [0.05, 0.1) is 0 Å². The maximum absolute atomic E-state index is 9.37. The summed E-state index contributed by atoms with van der Waals surface area (Å²) in [5.41, 5.74) is 5.74. The molecule has 0 saturated heterocycles. The van der Waals surface area contributed by atoms with Gasteiger partial charge in [-0.15, -0.1) is 0 Å². The molecule has 0 aliphatic heterocycles. The Kier molecular flexibility index (Phi) is 6.35. The standard InChI is InChI=1S/C11H25NO/c1-4-5-6-11(8-12,9-13)7-10(2)3/h10,13H,4-9,12H2,1-3H3. The zero-order chi connectivity index (χ0) is 10.3. The van der Waals surface area contributed by atoms with Gasteiger partial charge < -0.3 is 10.8 Å². The fourth-order valence-electron chi connectivity index (χ4n) is 1.91. The van der Waals surface area contributed by atoms with E-state index in [1.54, 1.807) is 0 Å². The van der Waals surface area contributed by atoms with Crippen molar-refractivity contribution in [2.75, 3.05) is 13.2 Å². The molecule has 0 heterocycles. The second-order valence-electron chi connectivity index (χ2n) is 4.56. The van der Waals surface area contributed by atoms with Crippen LogP contribution in [0, 0.1) is 11.3 Å². The van der Waals surface area contributed by atoms with Crippen LogP contribution in [0.15, 0.2) is 0 Å². The lowest BCUT2D eigenvalue weighted by Crippen LogP contribution is -2.35. The number of hydrogen-bond donors (Lipinski definition) is 2. The van der Waals surface area contributed by atoms with Gasteiger partial charge in [-0.05, 0) is 18.8 Å². The molecule has 1 unspecified atom stereocenters. The Morgan fingerprint density at radius 2 is 2.00 bits per heavy atom. The number of nitrogens with two attached hydrogens (primary N) is 1. The third kappa shape index (κ3) is 4.63. The molecule has 2 nitrogen and oxygen atoms in total. The third-order valence-corrected chi connectivity index (χ3v) is 2.67. The molecule has 2 heteroatoms. The monoisotopic (exact) mass is 187 g/mol. The number of aliphatic hydroxyl groups is 1. The van der Waals surface area contributed by atoms with Gasteiger partial charge in [0.25, 0.3) is 0 Å². The minimum absolute atomic E-state index is 0.00975. The molecular formula is C11H25NO. The summed E-state index contributed by atoms with van der Waals surface area (Å²) in [6.45, 7) is 7.40. The molecular weight excluding hydrogens is 162 g/mol. The molecule has 0 spiro atoms. The van der Waals surface area contributed by atoms with Gasteiger partial charge in [-0.25, -0.2) is 0 Å². The molecule has 0 saturated carbocycles. The van der Waals surface area contributed by atoms with Crippen molar-refractivity contribution in [1.29, 1.82) is 0 Å². The summed E-state index contributed by atoms with van der Waals surface area (Å²) < 4.78 is 0. The van der Waals surface area contributed by atoms with Crippen LogP contribution in [0.2, 0.25) is 0 Å². The van der Waals surface area contributed by atoms with Gasteiger partial charge in [0, 0.05) is 18.6 Å². The fraction of sp³-hybridized carbons (Fsp3) is 1.00. The molecule has 3 N–H and O–H groups in total. The minimum atomic E-state index is -0.00975. The normalized spacial score (nSPS) is 16.2. The number of rotatable bonds is 7. The molecule has 0 radical (unpaired) electrons. The molecule has 0 bridgehead atoms. The average molecular weight is 187 g/mol. The third-order valence-electron chi connectivity index (χ3n) is 2.67. The van der Waals surface area contributed by atoms with E-state index in [0.29, 0.717) is 12.5 Å². The Labute approximate surface area is 82.5 Å². The first-order valence-corrected chi connectivity index (χ1v) is 5.41. The largest absolute Gasteiger partial charge is 0.396 e. The summed E-state index contributed by atoms with van der Waals surface area (Å²) in [6, 6.07) is 0. The van der Waals surface area contributed by atoms with Crippen molar-refractivity contribution in [3.63, 3.8) is 0 Å². The summed E-state index contributed by atoms with van der Waals surface area (Å²) in [7, 11) is 0. The van der Waals surface area contributed by atoms with Crippen molar-refractivity contribution < 1.29 is 5.11 Å². The molecule has 80 valence electrons. The number of unbranched alkanes of at least 4 members (excludes halogenated alkanes) is 1. The summed E-state index contributed by atoms with van der Waals surface area (Å²) in [5, 5.41) is 9.37. The Morgan fingerprint density at radius 3 is 2.31 bits per heavy atom. The first-order valence-electron chi connectivity index (χ1n) is 5.41. The Balaban J connectivity index is 4.13. The highest BCUT2D eigenvalue weighted by atomic mass is 16.3. The van der Waals surface area contributed by atoms with Crippen LogP contribution in [0.3, 0.4) is 0 Å². The number of hydrogen-bond acceptors (Lipinski definition) is 2. The van der Waals surface area contributed by atoms with Gasteiger partial charge in [0.1, 0.15) is 0 Å². The molecule has 0 aromatic carbocycles. The van der Waals surface area contributed by atoms with Crippen LogP contribution in [-0.2, 0) is 0 Å². The fourth-order valence-corrected chi connectivity index (χ4v) is 1.91. The van der Waals surface area contributed by atoms with Crippen molar-refractivity contribution in [1.82, 2.24) is 0 Å². The van der Waals surface area contributed by atoms with Gasteiger partial charge in [-0.1, -0.05) is 33.6 Å². The highest BCUT2D eigenvalue weighted by molar-refractivity contribution is 4.80. The van der Waals surface area contributed by atoms with E-state index in [4.69, 9.17) is 5.73 Å². The van der Waals surface area contributed by atoms with Crippen LogP contribution >= 0.6 is 0 Å². The molecule has 0 fully saturated rings. The van der Waals surface area contributed by atoms with Crippen molar-refractivity contribution in [2.45, 2.75) is 46.5 Å². The van der Waals surface area contributed by atoms with E-state index < -0.39 is 0 Å².